The molecule has 1 unspecified atom stereocenters. The van der Waals surface area contributed by atoms with Crippen molar-refractivity contribution in [3.63, 3.8) is 0 Å². The molecule has 0 aliphatic carbocycles. The molecule has 0 spiro atoms. The van der Waals surface area contributed by atoms with Crippen LogP contribution in [0.5, 0.6) is 0 Å². The topological polar surface area (TPSA) is 59.9 Å². The normalized spacial score (nSPS) is 15.2. The molecule has 0 saturated carbocycles. The van der Waals surface area contributed by atoms with Gasteiger partial charge in [0.2, 0.25) is 0 Å². The first-order valence-electron chi connectivity index (χ1n) is 9.88. The summed E-state index contributed by atoms with van der Waals surface area (Å²) in [4.78, 5) is 6.76. The number of guanidine groups is 1. The van der Waals surface area contributed by atoms with Crippen molar-refractivity contribution < 1.29 is 9.50 Å². The zero-order valence-electron chi connectivity index (χ0n) is 16.8. The van der Waals surface area contributed by atoms with Crippen molar-refractivity contribution in [3.05, 3.63) is 71.0 Å². The van der Waals surface area contributed by atoms with Crippen LogP contribution in [0.3, 0.4) is 0 Å². The Labute approximate surface area is 189 Å². The smallest absolute Gasteiger partial charge is 0.191 e. The largest absolute Gasteiger partial charge is 0.390 e. The lowest BCUT2D eigenvalue weighted by Gasteiger charge is -2.30. The Balaban J connectivity index is 0.00000300. The molecule has 2 aromatic carbocycles. The Morgan fingerprint density at radius 3 is 2.72 bits per heavy atom. The zero-order chi connectivity index (χ0) is 19.8. The fourth-order valence-corrected chi connectivity index (χ4v) is 3.43. The molecular formula is C22H30FIN4O. The Morgan fingerprint density at radius 1 is 1.17 bits per heavy atom. The van der Waals surface area contributed by atoms with Gasteiger partial charge < -0.3 is 15.7 Å². The first kappa shape index (κ1) is 23.6. The fraction of sp³-hybridized carbons (Fsp3) is 0.409. The third kappa shape index (κ3) is 7.56. The number of rotatable bonds is 7. The van der Waals surface area contributed by atoms with Gasteiger partial charge in [-0.2, -0.15) is 0 Å². The van der Waals surface area contributed by atoms with E-state index in [1.807, 2.05) is 13.0 Å². The van der Waals surface area contributed by atoms with E-state index in [4.69, 9.17) is 0 Å². The summed E-state index contributed by atoms with van der Waals surface area (Å²) < 4.78 is 13.3. The average Bonchev–Trinajstić information content (AvgIpc) is 2.70. The molecule has 1 aliphatic rings. The molecule has 5 nitrogen and oxygen atoms in total. The second kappa shape index (κ2) is 12.1. The number of nitrogens with zero attached hydrogens (tertiary/aromatic N) is 2. The molecule has 3 rings (SSSR count). The van der Waals surface area contributed by atoms with Crippen LogP contribution < -0.4 is 10.6 Å². The minimum Gasteiger partial charge on any atom is -0.390 e. The van der Waals surface area contributed by atoms with E-state index in [-0.39, 0.29) is 29.8 Å². The van der Waals surface area contributed by atoms with Crippen molar-refractivity contribution in [1.82, 2.24) is 15.5 Å². The zero-order valence-corrected chi connectivity index (χ0v) is 19.1. The van der Waals surface area contributed by atoms with Gasteiger partial charge in [0, 0.05) is 32.7 Å². The summed E-state index contributed by atoms with van der Waals surface area (Å²) in [6.45, 7) is 5.95. The van der Waals surface area contributed by atoms with Gasteiger partial charge in [0.05, 0.1) is 12.6 Å². The molecule has 0 bridgehead atoms. The van der Waals surface area contributed by atoms with E-state index < -0.39 is 6.10 Å². The van der Waals surface area contributed by atoms with E-state index in [9.17, 15) is 9.50 Å². The van der Waals surface area contributed by atoms with E-state index in [0.29, 0.717) is 32.1 Å². The Morgan fingerprint density at radius 2 is 1.97 bits per heavy atom. The fourth-order valence-electron chi connectivity index (χ4n) is 3.43. The first-order valence-corrected chi connectivity index (χ1v) is 9.88. The SMILES string of the molecule is CCNC(=NCc1cccc(F)c1)NCC(O)CN1CCc2ccccc2C1.I. The maximum absolute atomic E-state index is 13.3. The Bertz CT molecular complexity index is 802. The van der Waals surface area contributed by atoms with Gasteiger partial charge in [-0.1, -0.05) is 36.4 Å². The molecule has 1 heterocycles. The van der Waals surface area contributed by atoms with E-state index in [0.717, 1.165) is 25.1 Å². The van der Waals surface area contributed by atoms with Crippen LogP contribution in [0.15, 0.2) is 53.5 Å². The summed E-state index contributed by atoms with van der Waals surface area (Å²) in [6, 6.07) is 14.9. The van der Waals surface area contributed by atoms with Gasteiger partial charge in [-0.15, -0.1) is 24.0 Å². The summed E-state index contributed by atoms with van der Waals surface area (Å²) in [7, 11) is 0. The lowest BCUT2D eigenvalue weighted by atomic mass is 10.00. The standard InChI is InChI=1S/C22H29FN4O.HI/c1-2-24-22(25-13-17-6-5-9-20(23)12-17)26-14-21(28)16-27-11-10-18-7-3-4-8-19(18)15-27;/h3-9,12,21,28H,2,10-11,13-16H2,1H3,(H2,24,25,26);1H. The number of benzene rings is 2. The van der Waals surface area contributed by atoms with Gasteiger partial charge >= 0.3 is 0 Å². The van der Waals surface area contributed by atoms with Gasteiger partial charge in [-0.25, -0.2) is 9.38 Å². The van der Waals surface area contributed by atoms with E-state index in [1.165, 1.54) is 23.3 Å². The summed E-state index contributed by atoms with van der Waals surface area (Å²) >= 11 is 0. The average molecular weight is 512 g/mol. The van der Waals surface area contributed by atoms with Gasteiger partial charge in [0.15, 0.2) is 5.96 Å². The second-order valence-corrected chi connectivity index (χ2v) is 7.11. The number of β-amino-alcohol motifs (C(OH)–C–C–N with tert-alkyl or cyclic N) is 1. The summed E-state index contributed by atoms with van der Waals surface area (Å²) in [5.41, 5.74) is 3.56. The molecule has 7 heteroatoms. The molecule has 0 saturated heterocycles. The van der Waals surface area contributed by atoms with E-state index >= 15 is 0 Å². The highest BCUT2D eigenvalue weighted by atomic mass is 127. The number of aliphatic imine (C=N–C) groups is 1. The molecule has 0 fully saturated rings. The number of aliphatic hydroxyl groups is 1. The van der Waals surface area contributed by atoms with Crippen LogP contribution in [-0.2, 0) is 19.5 Å². The van der Waals surface area contributed by atoms with Crippen molar-refractivity contribution in [2.45, 2.75) is 32.5 Å². The Kier molecular flexibility index (Phi) is 9.83. The van der Waals surface area contributed by atoms with Gasteiger partial charge in [0.25, 0.3) is 0 Å². The lowest BCUT2D eigenvalue weighted by molar-refractivity contribution is 0.108. The van der Waals surface area contributed by atoms with Crippen LogP contribution >= 0.6 is 24.0 Å². The maximum Gasteiger partial charge on any atom is 0.191 e. The minimum absolute atomic E-state index is 0. The van der Waals surface area contributed by atoms with Crippen LogP contribution in [0.2, 0.25) is 0 Å². The molecular weight excluding hydrogens is 482 g/mol. The lowest BCUT2D eigenvalue weighted by Crippen LogP contribution is -2.45. The molecule has 158 valence electrons. The minimum atomic E-state index is -0.497. The molecule has 0 amide bonds. The quantitative estimate of drug-likeness (QED) is 0.304. The predicted molar refractivity (Wildman–Crippen MR) is 126 cm³/mol. The summed E-state index contributed by atoms with van der Waals surface area (Å²) in [5, 5.41) is 16.8. The van der Waals surface area contributed by atoms with Gasteiger partial charge in [-0.05, 0) is 42.2 Å². The highest BCUT2D eigenvalue weighted by molar-refractivity contribution is 14.0. The van der Waals surface area contributed by atoms with E-state index in [2.05, 4.69) is 44.8 Å². The summed E-state index contributed by atoms with van der Waals surface area (Å²) in [5.74, 6) is 0.360. The molecule has 1 atom stereocenters. The number of hydrogen-bond acceptors (Lipinski definition) is 3. The van der Waals surface area contributed by atoms with Crippen molar-refractivity contribution in [2.24, 2.45) is 4.99 Å². The van der Waals surface area contributed by atoms with Gasteiger partial charge in [0.1, 0.15) is 5.82 Å². The molecule has 2 aromatic rings. The molecule has 3 N–H and O–H groups in total. The van der Waals surface area contributed by atoms with Crippen LogP contribution in [-0.4, -0.2) is 48.2 Å². The van der Waals surface area contributed by atoms with Crippen molar-refractivity contribution in [3.8, 4) is 0 Å². The van der Waals surface area contributed by atoms with Crippen LogP contribution in [0.1, 0.15) is 23.6 Å². The molecule has 0 radical (unpaired) electrons. The van der Waals surface area contributed by atoms with Crippen LogP contribution in [0.4, 0.5) is 4.39 Å². The number of hydrogen-bond donors (Lipinski definition) is 3. The maximum atomic E-state index is 13.3. The third-order valence-corrected chi connectivity index (χ3v) is 4.84. The first-order chi connectivity index (χ1) is 13.6. The van der Waals surface area contributed by atoms with Crippen molar-refractivity contribution in [2.75, 3.05) is 26.2 Å². The Hall–Kier alpha value is -1.71. The number of nitrogens with one attached hydrogen (secondary N) is 2. The second-order valence-electron chi connectivity index (χ2n) is 7.11. The number of aliphatic hydroxyl groups excluding tert-OH is 1. The van der Waals surface area contributed by atoms with Crippen LogP contribution in [0, 0.1) is 5.82 Å². The monoisotopic (exact) mass is 512 g/mol. The van der Waals surface area contributed by atoms with Gasteiger partial charge in [-0.3, -0.25) is 4.90 Å². The van der Waals surface area contributed by atoms with Crippen molar-refractivity contribution >= 4 is 29.9 Å². The molecule has 0 aromatic heterocycles. The van der Waals surface area contributed by atoms with Crippen LogP contribution in [0.25, 0.3) is 0 Å². The number of fused-ring (bicyclic) bond motifs is 1. The van der Waals surface area contributed by atoms with Crippen molar-refractivity contribution in [1.29, 1.82) is 0 Å². The third-order valence-electron chi connectivity index (χ3n) is 4.84. The molecule has 29 heavy (non-hydrogen) atoms. The molecule has 1 aliphatic heterocycles. The van der Waals surface area contributed by atoms with E-state index in [1.54, 1.807) is 6.07 Å². The highest BCUT2D eigenvalue weighted by Gasteiger charge is 2.18. The highest BCUT2D eigenvalue weighted by Crippen LogP contribution is 2.18. The summed E-state index contributed by atoms with van der Waals surface area (Å²) in [6.07, 6.45) is 0.525. The number of halogens is 2. The predicted octanol–water partition coefficient (Wildman–Crippen LogP) is 2.92.